The second-order valence-electron chi connectivity index (χ2n) is 8.07. The minimum absolute atomic E-state index is 0.0246. The second kappa shape index (κ2) is 8.78. The summed E-state index contributed by atoms with van der Waals surface area (Å²) >= 11 is 6.29. The predicted octanol–water partition coefficient (Wildman–Crippen LogP) is 3.29. The summed E-state index contributed by atoms with van der Waals surface area (Å²) in [5, 5.41) is 3.21. The maximum atomic E-state index is 13.1. The van der Waals surface area contributed by atoms with E-state index in [9.17, 15) is 9.59 Å². The minimum atomic E-state index is -0.648. The van der Waals surface area contributed by atoms with Gasteiger partial charge in [-0.25, -0.2) is 0 Å². The molecular formula is C23H24ClN3O5. The molecule has 9 heteroatoms. The van der Waals surface area contributed by atoms with Gasteiger partial charge < -0.3 is 29.3 Å². The molecule has 1 saturated heterocycles. The van der Waals surface area contributed by atoms with E-state index in [1.54, 1.807) is 12.1 Å². The molecule has 0 saturated carbocycles. The van der Waals surface area contributed by atoms with Crippen molar-refractivity contribution in [1.82, 2.24) is 4.90 Å². The summed E-state index contributed by atoms with van der Waals surface area (Å²) in [6.45, 7) is 1.98. The van der Waals surface area contributed by atoms with Gasteiger partial charge in [0.25, 0.3) is 5.91 Å². The molecule has 0 aliphatic carbocycles. The first kappa shape index (κ1) is 20.8. The summed E-state index contributed by atoms with van der Waals surface area (Å²) in [5.41, 5.74) is 1.23. The largest absolute Gasteiger partial charge is 0.477 e. The summed E-state index contributed by atoms with van der Waals surface area (Å²) in [5.74, 6) is 1.40. The Balaban J connectivity index is 1.31. The van der Waals surface area contributed by atoms with E-state index in [0.717, 1.165) is 38.0 Å². The highest BCUT2D eigenvalue weighted by Crippen LogP contribution is 2.39. The van der Waals surface area contributed by atoms with Crippen molar-refractivity contribution in [1.29, 1.82) is 0 Å². The highest BCUT2D eigenvalue weighted by Gasteiger charge is 2.34. The second-order valence-corrected chi connectivity index (χ2v) is 8.48. The number of piperidine rings is 1. The third kappa shape index (κ3) is 4.14. The fourth-order valence-corrected chi connectivity index (χ4v) is 4.48. The molecule has 3 heterocycles. The SMILES string of the molecule is O=C(CN1C[C@@H](C(=O)N2CCCCC2)Oc2ccccc21)Nc1cc2c(cc1Cl)OCO2. The van der Waals surface area contributed by atoms with Crippen LogP contribution in [0.5, 0.6) is 17.2 Å². The average Bonchev–Trinajstić information content (AvgIpc) is 3.26. The molecule has 32 heavy (non-hydrogen) atoms. The molecule has 2 amide bonds. The van der Waals surface area contributed by atoms with E-state index < -0.39 is 6.10 Å². The van der Waals surface area contributed by atoms with Gasteiger partial charge in [0.15, 0.2) is 17.6 Å². The topological polar surface area (TPSA) is 80.3 Å². The maximum Gasteiger partial charge on any atom is 0.265 e. The van der Waals surface area contributed by atoms with Gasteiger partial charge in [0.1, 0.15) is 5.75 Å². The number of carbonyl (C=O) groups excluding carboxylic acids is 2. The summed E-state index contributed by atoms with van der Waals surface area (Å²) in [4.78, 5) is 29.7. The number of benzene rings is 2. The zero-order valence-corrected chi connectivity index (χ0v) is 18.3. The van der Waals surface area contributed by atoms with Gasteiger partial charge in [-0.05, 0) is 31.4 Å². The van der Waals surface area contributed by atoms with Gasteiger partial charge in [0.2, 0.25) is 12.7 Å². The van der Waals surface area contributed by atoms with Crippen LogP contribution < -0.4 is 24.4 Å². The number of anilines is 2. The maximum absolute atomic E-state index is 13.1. The lowest BCUT2D eigenvalue weighted by Gasteiger charge is -2.38. The van der Waals surface area contributed by atoms with E-state index in [2.05, 4.69) is 5.32 Å². The number of hydrogen-bond acceptors (Lipinski definition) is 6. The van der Waals surface area contributed by atoms with Gasteiger partial charge >= 0.3 is 0 Å². The average molecular weight is 458 g/mol. The summed E-state index contributed by atoms with van der Waals surface area (Å²) < 4.78 is 16.7. The van der Waals surface area contributed by atoms with Gasteiger partial charge in [-0.2, -0.15) is 0 Å². The first-order valence-corrected chi connectivity index (χ1v) is 11.1. The molecule has 1 fully saturated rings. The lowest BCUT2D eigenvalue weighted by atomic mass is 10.1. The molecule has 0 radical (unpaired) electrons. The molecule has 0 spiro atoms. The van der Waals surface area contributed by atoms with Gasteiger partial charge in [-0.3, -0.25) is 9.59 Å². The summed E-state index contributed by atoms with van der Waals surface area (Å²) in [6.07, 6.45) is 2.52. The molecule has 168 valence electrons. The van der Waals surface area contributed by atoms with Gasteiger partial charge in [0, 0.05) is 25.2 Å². The van der Waals surface area contributed by atoms with Crippen LogP contribution in [-0.2, 0) is 9.59 Å². The van der Waals surface area contributed by atoms with Crippen LogP contribution in [-0.4, -0.2) is 55.8 Å². The summed E-state index contributed by atoms with van der Waals surface area (Å²) in [6, 6.07) is 10.7. The normalized spacial score (nSPS) is 19.2. The van der Waals surface area contributed by atoms with E-state index >= 15 is 0 Å². The standard InChI is InChI=1S/C23H24ClN3O5/c24-15-10-19-20(31-14-30-19)11-16(15)25-22(28)13-27-12-21(23(29)26-8-4-1-5-9-26)32-18-7-3-2-6-17(18)27/h2-3,6-7,10-11,21H,1,4-5,8-9,12-14H2,(H,25,28)/t21-/m0/s1. The molecule has 1 N–H and O–H groups in total. The Labute approximate surface area is 191 Å². The number of carbonyl (C=O) groups is 2. The van der Waals surface area contributed by atoms with Crippen molar-refractivity contribution in [2.45, 2.75) is 25.4 Å². The van der Waals surface area contributed by atoms with Gasteiger partial charge in [-0.15, -0.1) is 0 Å². The number of rotatable bonds is 4. The van der Waals surface area contributed by atoms with Crippen molar-refractivity contribution in [3.63, 3.8) is 0 Å². The number of halogens is 1. The van der Waals surface area contributed by atoms with Crippen LogP contribution in [0, 0.1) is 0 Å². The number of ether oxygens (including phenoxy) is 3. The third-order valence-corrected chi connectivity index (χ3v) is 6.19. The van der Waals surface area contributed by atoms with Crippen LogP contribution in [0.2, 0.25) is 5.02 Å². The monoisotopic (exact) mass is 457 g/mol. The fraction of sp³-hybridized carbons (Fsp3) is 0.391. The van der Waals surface area contributed by atoms with E-state index in [1.165, 1.54) is 0 Å². The summed E-state index contributed by atoms with van der Waals surface area (Å²) in [7, 11) is 0. The van der Waals surface area contributed by atoms with Crippen molar-refractivity contribution in [2.24, 2.45) is 0 Å². The Morgan fingerprint density at radius 3 is 2.59 bits per heavy atom. The number of amides is 2. The predicted molar refractivity (Wildman–Crippen MR) is 120 cm³/mol. The van der Waals surface area contributed by atoms with Crippen LogP contribution in [0.3, 0.4) is 0 Å². The Bertz CT molecular complexity index is 1040. The zero-order valence-electron chi connectivity index (χ0n) is 17.5. The molecule has 0 bridgehead atoms. The quantitative estimate of drug-likeness (QED) is 0.759. The molecule has 0 aromatic heterocycles. The minimum Gasteiger partial charge on any atom is -0.477 e. The van der Waals surface area contributed by atoms with Crippen LogP contribution >= 0.6 is 11.6 Å². The van der Waals surface area contributed by atoms with E-state index in [0.29, 0.717) is 34.5 Å². The highest BCUT2D eigenvalue weighted by atomic mass is 35.5. The fourth-order valence-electron chi connectivity index (χ4n) is 4.28. The molecular weight excluding hydrogens is 434 g/mol. The zero-order chi connectivity index (χ0) is 22.1. The lowest BCUT2D eigenvalue weighted by molar-refractivity contribution is -0.139. The Morgan fingerprint density at radius 2 is 1.78 bits per heavy atom. The molecule has 2 aromatic rings. The highest BCUT2D eigenvalue weighted by molar-refractivity contribution is 6.34. The molecule has 3 aliphatic heterocycles. The Hall–Kier alpha value is -3.13. The Morgan fingerprint density at radius 1 is 1.03 bits per heavy atom. The van der Waals surface area contributed by atoms with E-state index in [4.69, 9.17) is 25.8 Å². The van der Waals surface area contributed by atoms with E-state index in [-0.39, 0.29) is 25.2 Å². The van der Waals surface area contributed by atoms with Crippen molar-refractivity contribution >= 4 is 34.8 Å². The van der Waals surface area contributed by atoms with Crippen LogP contribution in [0.1, 0.15) is 19.3 Å². The van der Waals surface area contributed by atoms with Gasteiger partial charge in [0.05, 0.1) is 29.5 Å². The first-order valence-electron chi connectivity index (χ1n) is 10.8. The molecule has 2 aromatic carbocycles. The van der Waals surface area contributed by atoms with Crippen molar-refractivity contribution in [2.75, 3.05) is 43.2 Å². The van der Waals surface area contributed by atoms with Crippen LogP contribution in [0.4, 0.5) is 11.4 Å². The number of fused-ring (bicyclic) bond motifs is 2. The smallest absolute Gasteiger partial charge is 0.265 e. The van der Waals surface area contributed by atoms with Gasteiger partial charge in [-0.1, -0.05) is 23.7 Å². The van der Waals surface area contributed by atoms with Crippen molar-refractivity contribution < 1.29 is 23.8 Å². The Kier molecular flexibility index (Phi) is 5.70. The number of para-hydroxylation sites is 2. The lowest BCUT2D eigenvalue weighted by Crippen LogP contribution is -2.52. The molecule has 3 aliphatic rings. The molecule has 8 nitrogen and oxygen atoms in total. The van der Waals surface area contributed by atoms with Crippen molar-refractivity contribution in [3.05, 3.63) is 41.4 Å². The number of nitrogens with one attached hydrogen (secondary N) is 1. The van der Waals surface area contributed by atoms with E-state index in [1.807, 2.05) is 34.1 Å². The molecule has 0 unspecified atom stereocenters. The van der Waals surface area contributed by atoms with Crippen LogP contribution in [0.25, 0.3) is 0 Å². The number of likely N-dealkylation sites (tertiary alicyclic amines) is 1. The third-order valence-electron chi connectivity index (χ3n) is 5.88. The number of hydrogen-bond donors (Lipinski definition) is 1. The molecule has 1 atom stereocenters. The first-order chi connectivity index (χ1) is 15.6. The molecule has 5 rings (SSSR count). The van der Waals surface area contributed by atoms with Crippen LogP contribution in [0.15, 0.2) is 36.4 Å². The van der Waals surface area contributed by atoms with Crippen molar-refractivity contribution in [3.8, 4) is 17.2 Å². The number of nitrogens with zero attached hydrogens (tertiary/aromatic N) is 2.